The van der Waals surface area contributed by atoms with Crippen LogP contribution in [0.3, 0.4) is 0 Å². The fourth-order valence-corrected chi connectivity index (χ4v) is 3.92. The van der Waals surface area contributed by atoms with Crippen molar-refractivity contribution >= 4 is 11.7 Å². The fourth-order valence-electron chi connectivity index (χ4n) is 3.92. The SMILES string of the molecule is CCCCN(CC)C(=O)[C@@H]1CCCN(c2ccc(-c3ccccc3C)nn2)C1. The Kier molecular flexibility index (Phi) is 7.01. The van der Waals surface area contributed by atoms with Gasteiger partial charge in [0.15, 0.2) is 5.82 Å². The first-order chi connectivity index (χ1) is 13.6. The molecule has 1 amide bonds. The van der Waals surface area contributed by atoms with Gasteiger partial charge in [-0.1, -0.05) is 37.6 Å². The lowest BCUT2D eigenvalue weighted by Gasteiger charge is -2.35. The van der Waals surface area contributed by atoms with E-state index in [1.165, 1.54) is 5.56 Å². The number of anilines is 1. The highest BCUT2D eigenvalue weighted by Crippen LogP contribution is 2.25. The molecule has 150 valence electrons. The smallest absolute Gasteiger partial charge is 0.227 e. The van der Waals surface area contributed by atoms with Gasteiger partial charge in [0.1, 0.15) is 0 Å². The first-order valence-corrected chi connectivity index (χ1v) is 10.6. The molecule has 5 heteroatoms. The van der Waals surface area contributed by atoms with Crippen LogP contribution in [0.25, 0.3) is 11.3 Å². The number of rotatable bonds is 7. The van der Waals surface area contributed by atoms with Crippen LogP contribution in [0.4, 0.5) is 5.82 Å². The number of amides is 1. The van der Waals surface area contributed by atoms with Gasteiger partial charge in [0.05, 0.1) is 11.6 Å². The molecule has 1 aromatic heterocycles. The predicted octanol–water partition coefficient (Wildman–Crippen LogP) is 4.32. The highest BCUT2D eigenvalue weighted by molar-refractivity contribution is 5.79. The molecule has 1 aliphatic heterocycles. The normalized spacial score (nSPS) is 16.8. The van der Waals surface area contributed by atoms with Gasteiger partial charge in [0.25, 0.3) is 0 Å². The Labute approximate surface area is 168 Å². The van der Waals surface area contributed by atoms with Crippen molar-refractivity contribution in [3.8, 4) is 11.3 Å². The van der Waals surface area contributed by atoms with E-state index in [0.29, 0.717) is 5.91 Å². The first-order valence-electron chi connectivity index (χ1n) is 10.6. The number of carbonyl (C=O) groups excluding carboxylic acids is 1. The lowest BCUT2D eigenvalue weighted by molar-refractivity contribution is -0.135. The van der Waals surface area contributed by atoms with E-state index in [-0.39, 0.29) is 5.92 Å². The molecule has 0 unspecified atom stereocenters. The van der Waals surface area contributed by atoms with E-state index in [1.54, 1.807) is 0 Å². The molecule has 1 atom stereocenters. The summed E-state index contributed by atoms with van der Waals surface area (Å²) in [4.78, 5) is 17.2. The lowest BCUT2D eigenvalue weighted by Crippen LogP contribution is -2.45. The van der Waals surface area contributed by atoms with E-state index in [1.807, 2.05) is 29.2 Å². The second kappa shape index (κ2) is 9.67. The average Bonchev–Trinajstić information content (AvgIpc) is 2.75. The summed E-state index contributed by atoms with van der Waals surface area (Å²) in [6, 6.07) is 12.3. The highest BCUT2D eigenvalue weighted by atomic mass is 16.2. The molecule has 0 bridgehead atoms. The van der Waals surface area contributed by atoms with Crippen LogP contribution in [0, 0.1) is 12.8 Å². The van der Waals surface area contributed by atoms with Crippen LogP contribution in [-0.2, 0) is 4.79 Å². The van der Waals surface area contributed by atoms with Gasteiger partial charge in [-0.25, -0.2) is 0 Å². The van der Waals surface area contributed by atoms with Crippen LogP contribution in [0.5, 0.6) is 0 Å². The number of benzene rings is 1. The molecule has 2 aromatic rings. The summed E-state index contributed by atoms with van der Waals surface area (Å²) in [5.74, 6) is 1.22. The molecule has 0 aliphatic carbocycles. The number of carbonyl (C=O) groups is 1. The van der Waals surface area contributed by atoms with Crippen LogP contribution in [0.2, 0.25) is 0 Å². The van der Waals surface area contributed by atoms with Gasteiger partial charge in [-0.05, 0) is 50.8 Å². The summed E-state index contributed by atoms with van der Waals surface area (Å²) >= 11 is 0. The summed E-state index contributed by atoms with van der Waals surface area (Å²) in [5, 5.41) is 8.94. The first kappa shape index (κ1) is 20.3. The second-order valence-electron chi connectivity index (χ2n) is 7.65. The monoisotopic (exact) mass is 380 g/mol. The number of hydrogen-bond acceptors (Lipinski definition) is 4. The van der Waals surface area contributed by atoms with Gasteiger partial charge in [0.2, 0.25) is 5.91 Å². The largest absolute Gasteiger partial charge is 0.354 e. The summed E-state index contributed by atoms with van der Waals surface area (Å²) < 4.78 is 0. The van der Waals surface area contributed by atoms with Crippen molar-refractivity contribution in [3.63, 3.8) is 0 Å². The zero-order valence-electron chi connectivity index (χ0n) is 17.4. The van der Waals surface area contributed by atoms with E-state index in [9.17, 15) is 4.79 Å². The zero-order valence-corrected chi connectivity index (χ0v) is 17.4. The van der Waals surface area contributed by atoms with Gasteiger partial charge in [-0.15, -0.1) is 10.2 Å². The van der Waals surface area contributed by atoms with Crippen LogP contribution >= 0.6 is 0 Å². The molecule has 2 heterocycles. The molecule has 1 aliphatic rings. The van der Waals surface area contributed by atoms with E-state index in [2.05, 4.69) is 48.0 Å². The fraction of sp³-hybridized carbons (Fsp3) is 0.522. The Morgan fingerprint density at radius 3 is 2.68 bits per heavy atom. The predicted molar refractivity (Wildman–Crippen MR) is 114 cm³/mol. The number of unbranched alkanes of at least 4 members (excludes halogenated alkanes) is 1. The van der Waals surface area contributed by atoms with Gasteiger partial charge >= 0.3 is 0 Å². The Hall–Kier alpha value is -2.43. The number of hydrogen-bond donors (Lipinski definition) is 0. The molecule has 5 nitrogen and oxygen atoms in total. The maximum atomic E-state index is 13.0. The third-order valence-electron chi connectivity index (χ3n) is 5.64. The highest BCUT2D eigenvalue weighted by Gasteiger charge is 2.29. The molecule has 3 rings (SSSR count). The standard InChI is InChI=1S/C23H32N4O/c1-4-6-15-26(5-2)23(28)19-11-9-16-27(17-19)22-14-13-21(24-25-22)20-12-8-7-10-18(20)3/h7-8,10,12-14,19H,4-6,9,11,15-17H2,1-3H3/t19-/m1/s1. The van der Waals surface area contributed by atoms with Crippen LogP contribution in [-0.4, -0.2) is 47.2 Å². The number of aromatic nitrogens is 2. The van der Waals surface area contributed by atoms with E-state index in [4.69, 9.17) is 0 Å². The maximum Gasteiger partial charge on any atom is 0.227 e. The molecule has 1 aromatic carbocycles. The zero-order chi connectivity index (χ0) is 19.9. The van der Waals surface area contributed by atoms with Crippen LogP contribution in [0.1, 0.15) is 45.1 Å². The Balaban J connectivity index is 1.68. The summed E-state index contributed by atoms with van der Waals surface area (Å²) in [6.45, 7) is 9.66. The van der Waals surface area contributed by atoms with Crippen molar-refractivity contribution in [1.82, 2.24) is 15.1 Å². The third kappa shape index (κ3) is 4.70. The molecular weight excluding hydrogens is 348 g/mol. The average molecular weight is 381 g/mol. The molecule has 0 N–H and O–H groups in total. The quantitative estimate of drug-likeness (QED) is 0.718. The molecule has 1 fully saturated rings. The van der Waals surface area contributed by atoms with Crippen molar-refractivity contribution < 1.29 is 4.79 Å². The van der Waals surface area contributed by atoms with Crippen LogP contribution in [0.15, 0.2) is 36.4 Å². The molecular formula is C23H32N4O. The van der Waals surface area contributed by atoms with Crippen molar-refractivity contribution in [2.45, 2.75) is 46.5 Å². The molecule has 28 heavy (non-hydrogen) atoms. The van der Waals surface area contributed by atoms with Gasteiger partial charge in [-0.2, -0.15) is 0 Å². The molecule has 0 saturated carbocycles. The number of aryl methyl sites for hydroxylation is 1. The molecule has 0 spiro atoms. The minimum Gasteiger partial charge on any atom is -0.354 e. The van der Waals surface area contributed by atoms with E-state index >= 15 is 0 Å². The van der Waals surface area contributed by atoms with Crippen LogP contribution < -0.4 is 4.90 Å². The second-order valence-corrected chi connectivity index (χ2v) is 7.65. The summed E-state index contributed by atoms with van der Waals surface area (Å²) in [7, 11) is 0. The van der Waals surface area contributed by atoms with Crippen molar-refractivity contribution in [2.75, 3.05) is 31.1 Å². The maximum absolute atomic E-state index is 13.0. The van der Waals surface area contributed by atoms with Crippen molar-refractivity contribution in [2.24, 2.45) is 5.92 Å². The van der Waals surface area contributed by atoms with E-state index in [0.717, 1.165) is 68.9 Å². The summed E-state index contributed by atoms with van der Waals surface area (Å²) in [5.41, 5.74) is 3.20. The van der Waals surface area contributed by atoms with Gasteiger partial charge in [-0.3, -0.25) is 4.79 Å². The van der Waals surface area contributed by atoms with Gasteiger partial charge in [0, 0.05) is 31.7 Å². The topological polar surface area (TPSA) is 49.3 Å². The molecule has 1 saturated heterocycles. The number of nitrogens with zero attached hydrogens (tertiary/aromatic N) is 4. The molecule has 0 radical (unpaired) electrons. The Morgan fingerprint density at radius 1 is 1.18 bits per heavy atom. The van der Waals surface area contributed by atoms with Crippen molar-refractivity contribution in [1.29, 1.82) is 0 Å². The summed E-state index contributed by atoms with van der Waals surface area (Å²) in [6.07, 6.45) is 4.17. The minimum absolute atomic E-state index is 0.0587. The van der Waals surface area contributed by atoms with E-state index < -0.39 is 0 Å². The van der Waals surface area contributed by atoms with Crippen molar-refractivity contribution in [3.05, 3.63) is 42.0 Å². The van der Waals surface area contributed by atoms with Gasteiger partial charge < -0.3 is 9.80 Å². The lowest BCUT2D eigenvalue weighted by atomic mass is 9.96. The Bertz CT molecular complexity index is 774. The third-order valence-corrected chi connectivity index (χ3v) is 5.64. The Morgan fingerprint density at radius 2 is 2.00 bits per heavy atom. The minimum atomic E-state index is 0.0587. The number of piperidine rings is 1.